The van der Waals surface area contributed by atoms with Crippen LogP contribution in [0.3, 0.4) is 0 Å². The molecule has 0 aromatic heterocycles. The normalized spacial score (nSPS) is 40.2. The third-order valence-electron chi connectivity index (χ3n) is 3.22. The van der Waals surface area contributed by atoms with Gasteiger partial charge in [-0.1, -0.05) is 6.08 Å². The number of aliphatic hydroxyl groups is 5. The van der Waals surface area contributed by atoms with Gasteiger partial charge in [-0.25, -0.2) is 0 Å². The number of aliphatic hydroxyl groups excluding tert-OH is 4. The third-order valence-corrected chi connectivity index (χ3v) is 3.22. The average Bonchev–Trinajstić information content (AvgIpc) is 2.29. The van der Waals surface area contributed by atoms with Crippen molar-refractivity contribution < 1.29 is 30.3 Å². The SMILES string of the molecule is C=CCC(C)(O)CC1O[C@H](CO)[C@H](O)[C@H](O)[C@H]1O. The van der Waals surface area contributed by atoms with Gasteiger partial charge in [0.25, 0.3) is 0 Å². The molecule has 0 aromatic carbocycles. The lowest BCUT2D eigenvalue weighted by atomic mass is 9.87. The minimum Gasteiger partial charge on any atom is -0.394 e. The Morgan fingerprint density at radius 3 is 2.22 bits per heavy atom. The zero-order chi connectivity index (χ0) is 13.9. The maximum Gasteiger partial charge on any atom is 0.111 e. The molecule has 0 saturated carbocycles. The van der Waals surface area contributed by atoms with E-state index in [0.29, 0.717) is 6.42 Å². The molecule has 0 radical (unpaired) electrons. The van der Waals surface area contributed by atoms with Crippen molar-refractivity contribution in [3.8, 4) is 0 Å². The van der Waals surface area contributed by atoms with Crippen molar-refractivity contribution in [2.45, 2.75) is 55.9 Å². The summed E-state index contributed by atoms with van der Waals surface area (Å²) in [6.45, 7) is 4.62. The van der Waals surface area contributed by atoms with Crippen LogP contribution in [-0.2, 0) is 4.74 Å². The highest BCUT2D eigenvalue weighted by Crippen LogP contribution is 2.28. The Bertz CT molecular complexity index is 278. The van der Waals surface area contributed by atoms with Crippen LogP contribution >= 0.6 is 0 Å². The molecule has 6 nitrogen and oxygen atoms in total. The fourth-order valence-electron chi connectivity index (χ4n) is 2.17. The Hall–Kier alpha value is -0.500. The molecule has 5 N–H and O–H groups in total. The Kier molecular flexibility index (Phi) is 5.27. The molecule has 1 heterocycles. The van der Waals surface area contributed by atoms with Gasteiger partial charge < -0.3 is 30.3 Å². The molecular weight excluding hydrogens is 240 g/mol. The number of hydrogen-bond acceptors (Lipinski definition) is 6. The predicted molar refractivity (Wildman–Crippen MR) is 63.8 cm³/mol. The highest BCUT2D eigenvalue weighted by Gasteiger charge is 2.45. The van der Waals surface area contributed by atoms with Crippen LogP contribution in [0.5, 0.6) is 0 Å². The van der Waals surface area contributed by atoms with Gasteiger partial charge in [-0.05, 0) is 13.3 Å². The quantitative estimate of drug-likeness (QED) is 0.388. The molecule has 0 aromatic rings. The van der Waals surface area contributed by atoms with Gasteiger partial charge >= 0.3 is 0 Å². The molecule has 0 bridgehead atoms. The second-order valence-corrected chi connectivity index (χ2v) is 5.06. The first-order valence-corrected chi connectivity index (χ1v) is 5.96. The lowest BCUT2D eigenvalue weighted by Crippen LogP contribution is -2.59. The molecular formula is C12H22O6. The molecule has 6 heteroatoms. The van der Waals surface area contributed by atoms with Crippen LogP contribution in [0.25, 0.3) is 0 Å². The van der Waals surface area contributed by atoms with E-state index in [1.54, 1.807) is 13.0 Å². The van der Waals surface area contributed by atoms with Crippen molar-refractivity contribution in [3.63, 3.8) is 0 Å². The summed E-state index contributed by atoms with van der Waals surface area (Å²) in [6.07, 6.45) is -3.94. The zero-order valence-electron chi connectivity index (χ0n) is 10.4. The smallest absolute Gasteiger partial charge is 0.111 e. The minimum absolute atomic E-state index is 0.0699. The van der Waals surface area contributed by atoms with Crippen LogP contribution < -0.4 is 0 Å². The van der Waals surface area contributed by atoms with E-state index >= 15 is 0 Å². The number of rotatable bonds is 5. The van der Waals surface area contributed by atoms with E-state index in [-0.39, 0.29) is 6.42 Å². The second kappa shape index (κ2) is 6.10. The van der Waals surface area contributed by atoms with Crippen molar-refractivity contribution >= 4 is 0 Å². The molecule has 18 heavy (non-hydrogen) atoms. The molecule has 1 aliphatic rings. The Morgan fingerprint density at radius 1 is 1.17 bits per heavy atom. The topological polar surface area (TPSA) is 110 Å². The number of ether oxygens (including phenoxy) is 1. The van der Waals surface area contributed by atoms with E-state index in [2.05, 4.69) is 6.58 Å². The summed E-state index contributed by atoms with van der Waals surface area (Å²) in [5.74, 6) is 0. The van der Waals surface area contributed by atoms with Crippen molar-refractivity contribution in [1.82, 2.24) is 0 Å². The van der Waals surface area contributed by atoms with E-state index in [1.165, 1.54) is 0 Å². The lowest BCUT2D eigenvalue weighted by molar-refractivity contribution is -0.238. The highest BCUT2D eigenvalue weighted by atomic mass is 16.5. The summed E-state index contributed by atoms with van der Waals surface area (Å²) < 4.78 is 5.31. The summed E-state index contributed by atoms with van der Waals surface area (Å²) in [6, 6.07) is 0. The Labute approximate surface area is 106 Å². The monoisotopic (exact) mass is 262 g/mol. The van der Waals surface area contributed by atoms with E-state index in [0.717, 1.165) is 0 Å². The standard InChI is InChI=1S/C12H22O6/c1-3-4-12(2,17)5-7-9(14)11(16)10(15)8(6-13)18-7/h3,7-11,13-17H,1,4-6H2,2H3/t7?,8-,9+,10+,11-,12?/m1/s1. The molecule has 6 atom stereocenters. The van der Waals surface area contributed by atoms with Crippen molar-refractivity contribution in [2.75, 3.05) is 6.61 Å². The van der Waals surface area contributed by atoms with E-state index in [4.69, 9.17) is 9.84 Å². The van der Waals surface area contributed by atoms with Gasteiger partial charge in [0.15, 0.2) is 0 Å². The molecule has 1 fully saturated rings. The maximum absolute atomic E-state index is 10.0. The molecule has 1 aliphatic heterocycles. The largest absolute Gasteiger partial charge is 0.394 e. The fourth-order valence-corrected chi connectivity index (χ4v) is 2.17. The molecule has 106 valence electrons. The number of hydrogen-bond donors (Lipinski definition) is 5. The van der Waals surface area contributed by atoms with Crippen LogP contribution in [0.2, 0.25) is 0 Å². The van der Waals surface area contributed by atoms with Crippen LogP contribution in [0, 0.1) is 0 Å². The fraction of sp³-hybridized carbons (Fsp3) is 0.833. The summed E-state index contributed by atoms with van der Waals surface area (Å²) in [7, 11) is 0. The summed E-state index contributed by atoms with van der Waals surface area (Å²) in [5.41, 5.74) is -1.13. The zero-order valence-corrected chi connectivity index (χ0v) is 10.4. The average molecular weight is 262 g/mol. The van der Waals surface area contributed by atoms with Crippen LogP contribution in [0.1, 0.15) is 19.8 Å². The molecule has 0 amide bonds. The van der Waals surface area contributed by atoms with Gasteiger partial charge in [-0.3, -0.25) is 0 Å². The first-order chi connectivity index (χ1) is 8.32. The third kappa shape index (κ3) is 3.50. The van der Waals surface area contributed by atoms with Gasteiger partial charge in [0.1, 0.15) is 24.4 Å². The highest BCUT2D eigenvalue weighted by molar-refractivity contribution is 4.95. The van der Waals surface area contributed by atoms with Crippen LogP contribution in [0.4, 0.5) is 0 Å². The molecule has 1 rings (SSSR count). The maximum atomic E-state index is 10.0. The summed E-state index contributed by atoms with van der Waals surface area (Å²) >= 11 is 0. The summed E-state index contributed by atoms with van der Waals surface area (Å²) in [5, 5.41) is 48.1. The van der Waals surface area contributed by atoms with Crippen molar-refractivity contribution in [1.29, 1.82) is 0 Å². The second-order valence-electron chi connectivity index (χ2n) is 5.06. The van der Waals surface area contributed by atoms with E-state index in [1.807, 2.05) is 0 Å². The van der Waals surface area contributed by atoms with Gasteiger partial charge in [0.2, 0.25) is 0 Å². The molecule has 0 spiro atoms. The molecule has 2 unspecified atom stereocenters. The Balaban J connectivity index is 2.73. The summed E-state index contributed by atoms with van der Waals surface area (Å²) in [4.78, 5) is 0. The van der Waals surface area contributed by atoms with Gasteiger partial charge in [0.05, 0.1) is 18.3 Å². The minimum atomic E-state index is -1.40. The predicted octanol–water partition coefficient (Wildman–Crippen LogP) is -1.45. The van der Waals surface area contributed by atoms with Gasteiger partial charge in [0, 0.05) is 6.42 Å². The Morgan fingerprint density at radius 2 is 1.72 bits per heavy atom. The van der Waals surface area contributed by atoms with Gasteiger partial charge in [-0.15, -0.1) is 6.58 Å². The van der Waals surface area contributed by atoms with Crippen molar-refractivity contribution in [2.24, 2.45) is 0 Å². The first kappa shape index (κ1) is 15.6. The van der Waals surface area contributed by atoms with Crippen LogP contribution in [0.15, 0.2) is 12.7 Å². The van der Waals surface area contributed by atoms with E-state index in [9.17, 15) is 20.4 Å². The molecule has 1 saturated heterocycles. The van der Waals surface area contributed by atoms with E-state index < -0.39 is 42.7 Å². The van der Waals surface area contributed by atoms with Crippen molar-refractivity contribution in [3.05, 3.63) is 12.7 Å². The molecule has 0 aliphatic carbocycles. The first-order valence-electron chi connectivity index (χ1n) is 5.96. The van der Waals surface area contributed by atoms with Gasteiger partial charge in [-0.2, -0.15) is 0 Å². The lowest BCUT2D eigenvalue weighted by Gasteiger charge is -2.42. The van der Waals surface area contributed by atoms with Crippen LogP contribution in [-0.4, -0.2) is 68.3 Å².